The van der Waals surface area contributed by atoms with Gasteiger partial charge in [0.25, 0.3) is 5.91 Å². The van der Waals surface area contributed by atoms with Crippen LogP contribution in [0.5, 0.6) is 0 Å². The summed E-state index contributed by atoms with van der Waals surface area (Å²) in [6.45, 7) is 10.9. The van der Waals surface area contributed by atoms with Crippen LogP contribution in [0.15, 0.2) is 18.2 Å². The highest BCUT2D eigenvalue weighted by atomic mass is 16.2. The lowest BCUT2D eigenvalue weighted by atomic mass is 10.0. The number of likely N-dealkylation sites (N-methyl/N-ethyl adjacent to an activating group) is 1. The van der Waals surface area contributed by atoms with E-state index in [4.69, 9.17) is 0 Å². The number of anilines is 1. The van der Waals surface area contributed by atoms with E-state index in [2.05, 4.69) is 43.9 Å². The fraction of sp³-hybridized carbons (Fsp3) is 0.632. The summed E-state index contributed by atoms with van der Waals surface area (Å²) in [5, 5.41) is 0. The van der Waals surface area contributed by atoms with E-state index < -0.39 is 0 Å². The third-order valence-corrected chi connectivity index (χ3v) is 5.88. The first-order chi connectivity index (χ1) is 10.6. The molecule has 0 aromatic heterocycles. The predicted octanol–water partition coefficient (Wildman–Crippen LogP) is 3.43. The van der Waals surface area contributed by atoms with Crippen molar-refractivity contribution in [2.75, 3.05) is 31.1 Å². The molecule has 1 amide bonds. The maximum absolute atomic E-state index is 13.2. The Morgan fingerprint density at radius 3 is 2.36 bits per heavy atom. The van der Waals surface area contributed by atoms with Crippen molar-refractivity contribution in [2.45, 2.75) is 52.5 Å². The zero-order valence-corrected chi connectivity index (χ0v) is 14.3. The minimum atomic E-state index is 0.185. The molecule has 1 atom stereocenters. The first kappa shape index (κ1) is 15.5. The minimum Gasteiger partial charge on any atom is -0.314 e. The SMILES string of the molecule is CC[N+]1(C2CCN(c3c(C)cccc3C)C2=O)CCCCC1. The smallest absolute Gasteiger partial charge is 0.285 e. The van der Waals surface area contributed by atoms with E-state index in [0.29, 0.717) is 5.91 Å². The van der Waals surface area contributed by atoms with Crippen molar-refractivity contribution in [1.82, 2.24) is 0 Å². The molecule has 0 aliphatic carbocycles. The van der Waals surface area contributed by atoms with Crippen LogP contribution in [0, 0.1) is 13.8 Å². The highest BCUT2D eigenvalue weighted by molar-refractivity contribution is 6.00. The van der Waals surface area contributed by atoms with E-state index in [9.17, 15) is 4.79 Å². The second-order valence-corrected chi connectivity index (χ2v) is 7.08. The Bertz CT molecular complexity index is 540. The van der Waals surface area contributed by atoms with Gasteiger partial charge in [0.15, 0.2) is 6.04 Å². The predicted molar refractivity (Wildman–Crippen MR) is 91.1 cm³/mol. The average Bonchev–Trinajstić information content (AvgIpc) is 2.90. The molecule has 2 heterocycles. The summed E-state index contributed by atoms with van der Waals surface area (Å²) in [7, 11) is 0. The molecule has 3 rings (SSSR count). The lowest BCUT2D eigenvalue weighted by Gasteiger charge is -2.44. The number of carbonyl (C=O) groups is 1. The topological polar surface area (TPSA) is 20.3 Å². The van der Waals surface area contributed by atoms with Crippen molar-refractivity contribution in [3.8, 4) is 0 Å². The van der Waals surface area contributed by atoms with Crippen molar-refractivity contribution >= 4 is 11.6 Å². The van der Waals surface area contributed by atoms with Gasteiger partial charge in [-0.3, -0.25) is 4.79 Å². The molecule has 2 aliphatic rings. The van der Waals surface area contributed by atoms with Crippen LogP contribution in [-0.2, 0) is 4.79 Å². The second kappa shape index (κ2) is 6.04. The lowest BCUT2D eigenvalue weighted by molar-refractivity contribution is -0.944. The highest BCUT2D eigenvalue weighted by Crippen LogP contribution is 2.34. The molecule has 0 saturated carbocycles. The van der Waals surface area contributed by atoms with Gasteiger partial charge in [0, 0.05) is 18.7 Å². The first-order valence-corrected chi connectivity index (χ1v) is 8.82. The van der Waals surface area contributed by atoms with Gasteiger partial charge in [-0.15, -0.1) is 0 Å². The number of hydrogen-bond acceptors (Lipinski definition) is 1. The number of carbonyl (C=O) groups excluding carboxylic acids is 1. The summed E-state index contributed by atoms with van der Waals surface area (Å²) in [6, 6.07) is 6.50. The van der Waals surface area contributed by atoms with Crippen LogP contribution in [0.3, 0.4) is 0 Å². The van der Waals surface area contributed by atoms with Gasteiger partial charge in [0.1, 0.15) is 0 Å². The fourth-order valence-corrected chi connectivity index (χ4v) is 4.62. The van der Waals surface area contributed by atoms with Crippen molar-refractivity contribution < 1.29 is 9.28 Å². The molecule has 120 valence electrons. The number of amides is 1. The molecule has 2 saturated heterocycles. The summed E-state index contributed by atoms with van der Waals surface area (Å²) in [6.07, 6.45) is 4.91. The molecular weight excluding hydrogens is 272 g/mol. The Kier molecular flexibility index (Phi) is 4.26. The zero-order chi connectivity index (χ0) is 15.7. The van der Waals surface area contributed by atoms with Gasteiger partial charge < -0.3 is 9.38 Å². The van der Waals surface area contributed by atoms with E-state index in [1.54, 1.807) is 0 Å². The molecule has 0 radical (unpaired) electrons. The van der Waals surface area contributed by atoms with Crippen LogP contribution in [0.2, 0.25) is 0 Å². The minimum absolute atomic E-state index is 0.185. The molecule has 2 aliphatic heterocycles. The van der Waals surface area contributed by atoms with Gasteiger partial charge in [0.2, 0.25) is 0 Å². The first-order valence-electron chi connectivity index (χ1n) is 8.82. The van der Waals surface area contributed by atoms with Gasteiger partial charge >= 0.3 is 0 Å². The molecule has 0 N–H and O–H groups in total. The van der Waals surface area contributed by atoms with Gasteiger partial charge in [-0.2, -0.15) is 0 Å². The normalized spacial score (nSPS) is 24.8. The van der Waals surface area contributed by atoms with Crippen molar-refractivity contribution in [3.63, 3.8) is 0 Å². The molecule has 2 fully saturated rings. The van der Waals surface area contributed by atoms with Gasteiger partial charge in [-0.1, -0.05) is 18.2 Å². The van der Waals surface area contributed by atoms with Crippen LogP contribution in [0.1, 0.15) is 43.7 Å². The Balaban J connectivity index is 1.89. The van der Waals surface area contributed by atoms with Gasteiger partial charge in [-0.05, 0) is 51.2 Å². The van der Waals surface area contributed by atoms with Crippen LogP contribution in [0.25, 0.3) is 0 Å². The Hall–Kier alpha value is -1.35. The summed E-state index contributed by atoms with van der Waals surface area (Å²) in [5.74, 6) is 0.362. The molecule has 1 unspecified atom stereocenters. The molecule has 0 bridgehead atoms. The second-order valence-electron chi connectivity index (χ2n) is 7.08. The zero-order valence-electron chi connectivity index (χ0n) is 14.3. The number of nitrogens with zero attached hydrogens (tertiary/aromatic N) is 2. The standard InChI is InChI=1S/C19H29N2O/c1-4-21(13-6-5-7-14-21)17-11-12-20(19(17)22)18-15(2)9-8-10-16(18)3/h8-10,17H,4-7,11-14H2,1-3H3/q+1. The maximum atomic E-state index is 13.2. The number of aryl methyl sites for hydroxylation is 2. The molecule has 1 aromatic rings. The van der Waals surface area contributed by atoms with Crippen LogP contribution >= 0.6 is 0 Å². The van der Waals surface area contributed by atoms with Crippen LogP contribution in [0.4, 0.5) is 5.69 Å². The quantitative estimate of drug-likeness (QED) is 0.783. The van der Waals surface area contributed by atoms with Crippen molar-refractivity contribution in [3.05, 3.63) is 29.3 Å². The third kappa shape index (κ3) is 2.45. The van der Waals surface area contributed by atoms with E-state index >= 15 is 0 Å². The largest absolute Gasteiger partial charge is 0.314 e. The number of likely N-dealkylation sites (tertiary alicyclic amines) is 1. The number of rotatable bonds is 3. The number of benzene rings is 1. The monoisotopic (exact) mass is 301 g/mol. The maximum Gasteiger partial charge on any atom is 0.285 e. The van der Waals surface area contributed by atoms with Gasteiger partial charge in [-0.25, -0.2) is 0 Å². The molecule has 3 heteroatoms. The number of para-hydroxylation sites is 1. The van der Waals surface area contributed by atoms with Crippen molar-refractivity contribution in [2.24, 2.45) is 0 Å². The molecular formula is C19H29N2O+. The Morgan fingerprint density at radius 1 is 1.14 bits per heavy atom. The number of hydrogen-bond donors (Lipinski definition) is 0. The summed E-state index contributed by atoms with van der Waals surface area (Å²) >= 11 is 0. The molecule has 3 nitrogen and oxygen atoms in total. The summed E-state index contributed by atoms with van der Waals surface area (Å²) in [5.41, 5.74) is 3.59. The van der Waals surface area contributed by atoms with Gasteiger partial charge in [0.05, 0.1) is 19.6 Å². The Morgan fingerprint density at radius 2 is 1.77 bits per heavy atom. The molecule has 22 heavy (non-hydrogen) atoms. The van der Waals surface area contributed by atoms with Crippen LogP contribution in [-0.4, -0.2) is 42.6 Å². The highest BCUT2D eigenvalue weighted by Gasteiger charge is 2.47. The van der Waals surface area contributed by atoms with E-state index in [1.807, 2.05) is 0 Å². The summed E-state index contributed by atoms with van der Waals surface area (Å²) in [4.78, 5) is 15.3. The van der Waals surface area contributed by atoms with E-state index in [-0.39, 0.29) is 6.04 Å². The van der Waals surface area contributed by atoms with E-state index in [1.165, 1.54) is 43.5 Å². The molecule has 1 aromatic carbocycles. The number of quaternary nitrogens is 1. The molecule has 0 spiro atoms. The summed E-state index contributed by atoms with van der Waals surface area (Å²) < 4.78 is 1.03. The lowest BCUT2D eigenvalue weighted by Crippen LogP contribution is -2.60. The fourth-order valence-electron chi connectivity index (χ4n) is 4.62. The average molecular weight is 301 g/mol. The van der Waals surface area contributed by atoms with Crippen LogP contribution < -0.4 is 4.90 Å². The third-order valence-electron chi connectivity index (χ3n) is 5.88. The Labute approximate surface area is 134 Å². The number of piperidine rings is 1. The van der Waals surface area contributed by atoms with Crippen molar-refractivity contribution in [1.29, 1.82) is 0 Å². The van der Waals surface area contributed by atoms with E-state index in [0.717, 1.165) is 29.7 Å².